The van der Waals surface area contributed by atoms with Gasteiger partial charge in [0.25, 0.3) is 11.1 Å². The molecular formula is C24H19BrN2O4S. The first-order valence-corrected chi connectivity index (χ1v) is 11.3. The van der Waals surface area contributed by atoms with Gasteiger partial charge >= 0.3 is 0 Å². The summed E-state index contributed by atoms with van der Waals surface area (Å²) in [4.78, 5) is 30.9. The molecular weight excluding hydrogens is 492 g/mol. The van der Waals surface area contributed by atoms with Crippen molar-refractivity contribution in [3.8, 4) is 11.5 Å². The van der Waals surface area contributed by atoms with E-state index >= 15 is 0 Å². The van der Waals surface area contributed by atoms with Crippen LogP contribution in [0.3, 0.4) is 0 Å². The third-order valence-corrected chi connectivity index (χ3v) is 6.47. The van der Waals surface area contributed by atoms with Gasteiger partial charge in [-0.2, -0.15) is 0 Å². The summed E-state index contributed by atoms with van der Waals surface area (Å²) in [6, 6.07) is 16.7. The van der Waals surface area contributed by atoms with Crippen LogP contribution in [0.5, 0.6) is 11.5 Å². The minimum atomic E-state index is -0.312. The molecule has 0 spiro atoms. The molecule has 0 unspecified atom stereocenters. The van der Waals surface area contributed by atoms with E-state index in [1.165, 1.54) is 4.90 Å². The highest BCUT2D eigenvalue weighted by molar-refractivity contribution is 9.10. The minimum absolute atomic E-state index is 0.217. The highest BCUT2D eigenvalue weighted by Gasteiger charge is 2.35. The molecule has 2 heterocycles. The van der Waals surface area contributed by atoms with E-state index in [2.05, 4.69) is 20.9 Å². The van der Waals surface area contributed by atoms with Gasteiger partial charge in [0.2, 0.25) is 0 Å². The van der Waals surface area contributed by atoms with Crippen molar-refractivity contribution in [2.24, 2.45) is 0 Å². The fourth-order valence-corrected chi connectivity index (χ4v) is 4.37. The third-order valence-electron chi connectivity index (χ3n) is 4.79. The van der Waals surface area contributed by atoms with Crippen molar-refractivity contribution in [1.29, 1.82) is 0 Å². The Kier molecular flexibility index (Phi) is 6.92. The molecule has 0 bridgehead atoms. The van der Waals surface area contributed by atoms with Crippen LogP contribution in [0.15, 0.2) is 76.4 Å². The lowest BCUT2D eigenvalue weighted by atomic mass is 10.1. The van der Waals surface area contributed by atoms with E-state index in [-0.39, 0.29) is 17.7 Å². The summed E-state index contributed by atoms with van der Waals surface area (Å²) in [5, 5.41) is -0.290. The fraction of sp³-hybridized carbons (Fsp3) is 0.125. The van der Waals surface area contributed by atoms with Crippen molar-refractivity contribution in [3.63, 3.8) is 0 Å². The number of methoxy groups -OCH3 is 1. The van der Waals surface area contributed by atoms with Crippen LogP contribution in [0.2, 0.25) is 0 Å². The number of ether oxygens (including phenoxy) is 2. The smallest absolute Gasteiger partial charge is 0.293 e. The molecule has 1 aliphatic rings. The lowest BCUT2D eigenvalue weighted by Crippen LogP contribution is -2.27. The Morgan fingerprint density at radius 3 is 2.59 bits per heavy atom. The summed E-state index contributed by atoms with van der Waals surface area (Å²) in [7, 11) is 1.56. The largest absolute Gasteiger partial charge is 0.493 e. The van der Waals surface area contributed by atoms with Gasteiger partial charge in [-0.1, -0.05) is 40.2 Å². The van der Waals surface area contributed by atoms with E-state index in [9.17, 15) is 9.59 Å². The molecule has 0 saturated carbocycles. The number of hydrogen-bond donors (Lipinski definition) is 0. The van der Waals surface area contributed by atoms with E-state index in [1.54, 1.807) is 37.7 Å². The Bertz CT molecular complexity index is 1180. The summed E-state index contributed by atoms with van der Waals surface area (Å²) < 4.78 is 12.2. The van der Waals surface area contributed by atoms with Gasteiger partial charge in [0.15, 0.2) is 11.5 Å². The van der Waals surface area contributed by atoms with E-state index in [0.717, 1.165) is 32.9 Å². The molecule has 2 aromatic carbocycles. The molecule has 8 heteroatoms. The predicted molar refractivity (Wildman–Crippen MR) is 127 cm³/mol. The van der Waals surface area contributed by atoms with Gasteiger partial charge in [-0.3, -0.25) is 19.5 Å². The van der Waals surface area contributed by atoms with Gasteiger partial charge in [-0.15, -0.1) is 0 Å². The topological polar surface area (TPSA) is 68.7 Å². The number of halogens is 1. The highest BCUT2D eigenvalue weighted by Crippen LogP contribution is 2.36. The predicted octanol–water partition coefficient (Wildman–Crippen LogP) is 5.67. The Morgan fingerprint density at radius 2 is 1.84 bits per heavy atom. The van der Waals surface area contributed by atoms with E-state index in [4.69, 9.17) is 9.47 Å². The number of carbonyl (C=O) groups excluding carboxylic acids is 2. The number of carbonyl (C=O) groups is 2. The molecule has 1 aliphatic heterocycles. The Morgan fingerprint density at radius 1 is 1.06 bits per heavy atom. The summed E-state index contributed by atoms with van der Waals surface area (Å²) >= 11 is 4.40. The standard InChI is InChI=1S/C24H19BrN2O4S/c1-30-21-12-17(6-7-20(21)31-15-16-8-10-26-11-9-16)13-22-23(28)27(24(29)32-22)14-18-4-2-3-5-19(18)25/h2-13H,14-15H2,1H3/b22-13-. The van der Waals surface area contributed by atoms with Gasteiger partial charge in [0, 0.05) is 16.9 Å². The van der Waals surface area contributed by atoms with Crippen molar-refractivity contribution in [2.45, 2.75) is 13.2 Å². The first kappa shape index (κ1) is 22.1. The fourth-order valence-electron chi connectivity index (χ4n) is 3.12. The zero-order valence-electron chi connectivity index (χ0n) is 17.2. The molecule has 1 fully saturated rings. The monoisotopic (exact) mass is 510 g/mol. The lowest BCUT2D eigenvalue weighted by Gasteiger charge is -2.13. The van der Waals surface area contributed by atoms with Crippen LogP contribution in [-0.4, -0.2) is 28.1 Å². The molecule has 32 heavy (non-hydrogen) atoms. The average Bonchev–Trinajstić information content (AvgIpc) is 3.07. The minimum Gasteiger partial charge on any atom is -0.493 e. The zero-order valence-corrected chi connectivity index (χ0v) is 19.6. The van der Waals surface area contributed by atoms with Crippen molar-refractivity contribution in [3.05, 3.63) is 93.1 Å². The van der Waals surface area contributed by atoms with Crippen molar-refractivity contribution >= 4 is 44.9 Å². The second-order valence-corrected chi connectivity index (χ2v) is 8.76. The maximum Gasteiger partial charge on any atom is 0.293 e. The van der Waals surface area contributed by atoms with Crippen LogP contribution in [0, 0.1) is 0 Å². The summed E-state index contributed by atoms with van der Waals surface area (Å²) in [6.07, 6.45) is 5.12. The van der Waals surface area contributed by atoms with Crippen molar-refractivity contribution in [1.82, 2.24) is 9.88 Å². The lowest BCUT2D eigenvalue weighted by molar-refractivity contribution is -0.123. The Labute approximate surface area is 198 Å². The Hall–Kier alpha value is -3.10. The van der Waals surface area contributed by atoms with Gasteiger partial charge in [0.1, 0.15) is 6.61 Å². The van der Waals surface area contributed by atoms with Gasteiger partial charge in [-0.25, -0.2) is 0 Å². The number of pyridine rings is 1. The third kappa shape index (κ3) is 5.03. The highest BCUT2D eigenvalue weighted by atomic mass is 79.9. The molecule has 0 aliphatic carbocycles. The molecule has 162 valence electrons. The summed E-state index contributed by atoms with van der Waals surface area (Å²) in [5.41, 5.74) is 2.60. The summed E-state index contributed by atoms with van der Waals surface area (Å²) in [6.45, 7) is 0.598. The maximum absolute atomic E-state index is 12.9. The number of hydrogen-bond acceptors (Lipinski definition) is 6. The van der Waals surface area contributed by atoms with Gasteiger partial charge < -0.3 is 9.47 Å². The molecule has 6 nitrogen and oxygen atoms in total. The second kappa shape index (κ2) is 10.0. The van der Waals surface area contributed by atoms with Crippen LogP contribution in [0.1, 0.15) is 16.7 Å². The van der Waals surface area contributed by atoms with Crippen molar-refractivity contribution in [2.75, 3.05) is 7.11 Å². The zero-order chi connectivity index (χ0) is 22.5. The molecule has 2 amide bonds. The van der Waals surface area contributed by atoms with E-state index in [1.807, 2.05) is 42.5 Å². The molecule has 1 aromatic heterocycles. The number of amides is 2. The number of benzene rings is 2. The van der Waals surface area contributed by atoms with Crippen LogP contribution >= 0.6 is 27.7 Å². The van der Waals surface area contributed by atoms with Gasteiger partial charge in [-0.05, 0) is 64.9 Å². The number of rotatable bonds is 7. The van der Waals surface area contributed by atoms with Crippen molar-refractivity contribution < 1.29 is 19.1 Å². The molecule has 0 N–H and O–H groups in total. The maximum atomic E-state index is 12.9. The normalized spacial score (nSPS) is 14.8. The number of nitrogens with zero attached hydrogens (tertiary/aromatic N) is 2. The van der Waals surface area contributed by atoms with Crippen LogP contribution in [-0.2, 0) is 17.9 Å². The van der Waals surface area contributed by atoms with E-state index < -0.39 is 0 Å². The first-order valence-electron chi connectivity index (χ1n) is 9.73. The number of thioether (sulfide) groups is 1. The Balaban J connectivity index is 1.50. The van der Waals surface area contributed by atoms with Crippen LogP contribution in [0.4, 0.5) is 4.79 Å². The summed E-state index contributed by atoms with van der Waals surface area (Å²) in [5.74, 6) is 0.816. The molecule has 0 atom stereocenters. The molecule has 0 radical (unpaired) electrons. The quantitative estimate of drug-likeness (QED) is 0.381. The van der Waals surface area contributed by atoms with E-state index in [0.29, 0.717) is 23.0 Å². The number of imide groups is 1. The van der Waals surface area contributed by atoms with Crippen LogP contribution < -0.4 is 9.47 Å². The molecule has 4 rings (SSSR count). The van der Waals surface area contributed by atoms with Crippen LogP contribution in [0.25, 0.3) is 6.08 Å². The second-order valence-electron chi connectivity index (χ2n) is 6.91. The first-order chi connectivity index (χ1) is 15.5. The average molecular weight is 511 g/mol. The number of aromatic nitrogens is 1. The molecule has 1 saturated heterocycles. The van der Waals surface area contributed by atoms with Gasteiger partial charge in [0.05, 0.1) is 18.6 Å². The molecule has 3 aromatic rings. The SMILES string of the molecule is COc1cc(/C=C2\SC(=O)N(Cc3ccccc3Br)C2=O)ccc1OCc1ccncc1.